The van der Waals surface area contributed by atoms with E-state index in [1.807, 2.05) is 47.4 Å². The molecule has 1 fully saturated rings. The summed E-state index contributed by atoms with van der Waals surface area (Å²) in [6.07, 6.45) is 1.94. The van der Waals surface area contributed by atoms with Gasteiger partial charge in [-0.2, -0.15) is 0 Å². The SMILES string of the molecule is CCCc1ccccc1N1C(=O)CS[C@@H]1c1cccc(NC(=O)c2ccccc2Cl)c1. The van der Waals surface area contributed by atoms with Crippen LogP contribution < -0.4 is 10.2 Å². The predicted molar refractivity (Wildman–Crippen MR) is 129 cm³/mol. The van der Waals surface area contributed by atoms with Gasteiger partial charge >= 0.3 is 0 Å². The number of amides is 2. The van der Waals surface area contributed by atoms with Gasteiger partial charge in [0.15, 0.2) is 0 Å². The molecule has 3 aromatic rings. The lowest BCUT2D eigenvalue weighted by molar-refractivity contribution is -0.115. The molecule has 3 aromatic carbocycles. The van der Waals surface area contributed by atoms with Crippen LogP contribution in [0.5, 0.6) is 0 Å². The zero-order chi connectivity index (χ0) is 21.8. The molecule has 31 heavy (non-hydrogen) atoms. The van der Waals surface area contributed by atoms with Gasteiger partial charge in [0.2, 0.25) is 5.91 Å². The van der Waals surface area contributed by atoms with Crippen LogP contribution in [0, 0.1) is 0 Å². The van der Waals surface area contributed by atoms with Gasteiger partial charge < -0.3 is 5.32 Å². The Hall–Kier alpha value is -2.76. The highest BCUT2D eigenvalue weighted by Gasteiger charge is 2.35. The van der Waals surface area contributed by atoms with Crippen LogP contribution in [0.3, 0.4) is 0 Å². The number of hydrogen-bond acceptors (Lipinski definition) is 3. The molecule has 1 N–H and O–H groups in total. The number of hydrogen-bond donors (Lipinski definition) is 1. The van der Waals surface area contributed by atoms with Gasteiger partial charge in [0, 0.05) is 11.4 Å². The lowest BCUT2D eigenvalue weighted by Gasteiger charge is -2.27. The molecule has 0 bridgehead atoms. The van der Waals surface area contributed by atoms with E-state index in [4.69, 9.17) is 11.6 Å². The minimum atomic E-state index is -0.261. The number of benzene rings is 3. The number of para-hydroxylation sites is 1. The molecular weight excluding hydrogens is 428 g/mol. The summed E-state index contributed by atoms with van der Waals surface area (Å²) in [6.45, 7) is 2.14. The van der Waals surface area contributed by atoms with Crippen molar-refractivity contribution in [3.05, 3.63) is 94.5 Å². The Balaban J connectivity index is 1.62. The molecule has 1 aliphatic rings. The number of nitrogens with one attached hydrogen (secondary N) is 1. The summed E-state index contributed by atoms with van der Waals surface area (Å²) in [5, 5.41) is 3.20. The van der Waals surface area contributed by atoms with Gasteiger partial charge in [-0.05, 0) is 47.9 Å². The van der Waals surface area contributed by atoms with E-state index in [1.165, 1.54) is 5.56 Å². The van der Waals surface area contributed by atoms with E-state index in [0.29, 0.717) is 22.0 Å². The lowest BCUT2D eigenvalue weighted by atomic mass is 10.1. The highest BCUT2D eigenvalue weighted by Crippen LogP contribution is 2.43. The van der Waals surface area contributed by atoms with E-state index in [-0.39, 0.29) is 17.2 Å². The topological polar surface area (TPSA) is 49.4 Å². The number of carbonyl (C=O) groups excluding carboxylic acids is 2. The van der Waals surface area contributed by atoms with E-state index >= 15 is 0 Å². The van der Waals surface area contributed by atoms with E-state index in [0.717, 1.165) is 24.1 Å². The van der Waals surface area contributed by atoms with Crippen LogP contribution in [0.1, 0.15) is 40.2 Å². The van der Waals surface area contributed by atoms with Crippen molar-refractivity contribution >= 4 is 46.6 Å². The summed E-state index contributed by atoms with van der Waals surface area (Å²) in [4.78, 5) is 27.4. The Bertz CT molecular complexity index is 1120. The molecule has 0 unspecified atom stereocenters. The van der Waals surface area contributed by atoms with Crippen LogP contribution >= 0.6 is 23.4 Å². The molecule has 1 saturated heterocycles. The molecule has 6 heteroatoms. The van der Waals surface area contributed by atoms with Gasteiger partial charge in [-0.1, -0.05) is 67.4 Å². The molecule has 0 aromatic heterocycles. The first-order chi connectivity index (χ1) is 15.1. The number of anilines is 2. The van der Waals surface area contributed by atoms with Crippen molar-refractivity contribution in [1.29, 1.82) is 0 Å². The fourth-order valence-electron chi connectivity index (χ4n) is 3.77. The van der Waals surface area contributed by atoms with Gasteiger partial charge in [0.05, 0.1) is 16.3 Å². The maximum atomic E-state index is 12.8. The second kappa shape index (κ2) is 9.58. The van der Waals surface area contributed by atoms with Crippen molar-refractivity contribution in [3.63, 3.8) is 0 Å². The summed E-state index contributed by atoms with van der Waals surface area (Å²) in [7, 11) is 0. The third kappa shape index (κ3) is 4.63. The summed E-state index contributed by atoms with van der Waals surface area (Å²) in [5.41, 5.74) is 4.21. The zero-order valence-corrected chi connectivity index (χ0v) is 18.7. The van der Waals surface area contributed by atoms with Crippen LogP contribution in [-0.4, -0.2) is 17.6 Å². The van der Waals surface area contributed by atoms with E-state index in [1.54, 1.807) is 36.0 Å². The fraction of sp³-hybridized carbons (Fsp3) is 0.200. The second-order valence-corrected chi connectivity index (χ2v) is 8.84. The Labute approximate surface area is 191 Å². The van der Waals surface area contributed by atoms with Crippen molar-refractivity contribution in [2.75, 3.05) is 16.0 Å². The maximum Gasteiger partial charge on any atom is 0.257 e. The number of carbonyl (C=O) groups is 2. The average molecular weight is 451 g/mol. The summed E-state index contributed by atoms with van der Waals surface area (Å²) in [5.74, 6) is 0.272. The molecule has 0 saturated carbocycles. The van der Waals surface area contributed by atoms with Gasteiger partial charge in [-0.15, -0.1) is 11.8 Å². The van der Waals surface area contributed by atoms with Crippen molar-refractivity contribution in [1.82, 2.24) is 0 Å². The Morgan fingerprint density at radius 3 is 2.68 bits per heavy atom. The largest absolute Gasteiger partial charge is 0.322 e. The lowest BCUT2D eigenvalue weighted by Crippen LogP contribution is -2.28. The molecule has 158 valence electrons. The van der Waals surface area contributed by atoms with Gasteiger partial charge in [-0.25, -0.2) is 0 Å². The highest BCUT2D eigenvalue weighted by molar-refractivity contribution is 8.00. The van der Waals surface area contributed by atoms with Crippen LogP contribution in [0.15, 0.2) is 72.8 Å². The van der Waals surface area contributed by atoms with Crippen molar-refractivity contribution < 1.29 is 9.59 Å². The third-order valence-corrected chi connectivity index (χ3v) is 6.73. The van der Waals surface area contributed by atoms with Crippen molar-refractivity contribution in [2.24, 2.45) is 0 Å². The Morgan fingerprint density at radius 1 is 1.10 bits per heavy atom. The molecule has 1 heterocycles. The number of halogens is 1. The standard InChI is InChI=1S/C25H23ClN2O2S/c1-2-8-17-9-3-6-14-22(17)28-23(29)16-31-25(28)18-10-7-11-19(15-18)27-24(30)20-12-4-5-13-21(20)26/h3-7,9-15,25H,2,8,16H2,1H3,(H,27,30)/t25-/m1/s1. The van der Waals surface area contributed by atoms with Crippen molar-refractivity contribution in [2.45, 2.75) is 25.1 Å². The molecular formula is C25H23ClN2O2S. The minimum absolute atomic E-state index is 0.101. The molecule has 0 aliphatic carbocycles. The first-order valence-electron chi connectivity index (χ1n) is 10.3. The average Bonchev–Trinajstić information content (AvgIpc) is 3.16. The molecule has 1 aliphatic heterocycles. The van der Waals surface area contributed by atoms with Crippen molar-refractivity contribution in [3.8, 4) is 0 Å². The normalized spacial score (nSPS) is 15.9. The summed E-state index contributed by atoms with van der Waals surface area (Å²) >= 11 is 7.76. The minimum Gasteiger partial charge on any atom is -0.322 e. The number of thioether (sulfide) groups is 1. The summed E-state index contributed by atoms with van der Waals surface area (Å²) in [6, 6.07) is 22.7. The zero-order valence-electron chi connectivity index (χ0n) is 17.2. The van der Waals surface area contributed by atoms with Crippen LogP contribution in [-0.2, 0) is 11.2 Å². The van der Waals surface area contributed by atoms with E-state index in [9.17, 15) is 9.59 Å². The Morgan fingerprint density at radius 2 is 1.87 bits per heavy atom. The second-order valence-electron chi connectivity index (χ2n) is 7.37. The van der Waals surface area contributed by atoms with Gasteiger partial charge in [0.1, 0.15) is 5.37 Å². The molecule has 0 radical (unpaired) electrons. The smallest absolute Gasteiger partial charge is 0.257 e. The number of aryl methyl sites for hydroxylation is 1. The maximum absolute atomic E-state index is 12.8. The molecule has 4 nitrogen and oxygen atoms in total. The number of nitrogens with zero attached hydrogens (tertiary/aromatic N) is 1. The van der Waals surface area contributed by atoms with Crippen LogP contribution in [0.4, 0.5) is 11.4 Å². The Kier molecular flexibility index (Phi) is 6.64. The molecule has 1 atom stereocenters. The van der Waals surface area contributed by atoms with Gasteiger partial charge in [-0.3, -0.25) is 14.5 Å². The molecule has 4 rings (SSSR count). The monoisotopic (exact) mass is 450 g/mol. The first kappa shape index (κ1) is 21.5. The van der Waals surface area contributed by atoms with Gasteiger partial charge in [0.25, 0.3) is 5.91 Å². The fourth-order valence-corrected chi connectivity index (χ4v) is 5.15. The third-order valence-electron chi connectivity index (χ3n) is 5.19. The first-order valence-corrected chi connectivity index (χ1v) is 11.7. The van der Waals surface area contributed by atoms with Crippen LogP contribution in [0.2, 0.25) is 5.02 Å². The van der Waals surface area contributed by atoms with E-state index in [2.05, 4.69) is 18.3 Å². The summed E-state index contributed by atoms with van der Waals surface area (Å²) < 4.78 is 0. The molecule has 2 amide bonds. The predicted octanol–water partition coefficient (Wildman–Crippen LogP) is 6.32. The quantitative estimate of drug-likeness (QED) is 0.477. The van der Waals surface area contributed by atoms with E-state index < -0.39 is 0 Å². The van der Waals surface area contributed by atoms with Crippen LogP contribution in [0.25, 0.3) is 0 Å². The molecule has 0 spiro atoms. The number of rotatable bonds is 6. The highest BCUT2D eigenvalue weighted by atomic mass is 35.5.